The van der Waals surface area contributed by atoms with Crippen LogP contribution in [-0.2, 0) is 0 Å². The van der Waals surface area contributed by atoms with E-state index in [2.05, 4.69) is 11.9 Å². The molecule has 0 aliphatic heterocycles. The van der Waals surface area contributed by atoms with Gasteiger partial charge in [0, 0.05) is 0 Å². The lowest BCUT2D eigenvalue weighted by Gasteiger charge is -1.94. The van der Waals surface area contributed by atoms with E-state index in [0.29, 0.717) is 5.71 Å². The van der Waals surface area contributed by atoms with Crippen LogP contribution < -0.4 is 0 Å². The van der Waals surface area contributed by atoms with Crippen LogP contribution in [0.25, 0.3) is 0 Å². The van der Waals surface area contributed by atoms with Crippen molar-refractivity contribution in [3.8, 4) is 6.19 Å². The van der Waals surface area contributed by atoms with Gasteiger partial charge in [0.2, 0.25) is 6.19 Å². The van der Waals surface area contributed by atoms with Crippen molar-refractivity contribution in [1.82, 2.24) is 0 Å². The molecule has 11 heavy (non-hydrogen) atoms. The highest BCUT2D eigenvalue weighted by molar-refractivity contribution is 6.04. The second-order valence-corrected chi connectivity index (χ2v) is 2.02. The Morgan fingerprint density at radius 3 is 2.55 bits per heavy atom. The molecule has 0 aliphatic rings. The maximum atomic E-state index is 8.22. The normalized spacial score (nSPS) is 10.7. The molecule has 0 amide bonds. The zero-order valence-electron chi connectivity index (χ0n) is 5.99. The molecule has 0 spiro atoms. The van der Waals surface area contributed by atoms with E-state index in [1.165, 1.54) is 0 Å². The summed E-state index contributed by atoms with van der Waals surface area (Å²) in [5.41, 5.74) is 1.39. The van der Waals surface area contributed by atoms with Crippen LogP contribution in [0.15, 0.2) is 35.3 Å². The molecule has 1 aromatic carbocycles. The van der Waals surface area contributed by atoms with Crippen LogP contribution in [0.3, 0.4) is 0 Å². The summed E-state index contributed by atoms with van der Waals surface area (Å²) >= 11 is 0. The molecule has 0 unspecified atom stereocenters. The van der Waals surface area contributed by atoms with Crippen molar-refractivity contribution in [1.29, 1.82) is 5.26 Å². The van der Waals surface area contributed by atoms with Gasteiger partial charge in [-0.05, 0) is 12.5 Å². The highest BCUT2D eigenvalue weighted by Crippen LogP contribution is 1.99. The van der Waals surface area contributed by atoms with Gasteiger partial charge in [0.15, 0.2) is 0 Å². The second-order valence-electron chi connectivity index (χ2n) is 2.02. The van der Waals surface area contributed by atoms with Crippen LogP contribution >= 0.6 is 0 Å². The zero-order valence-corrected chi connectivity index (χ0v) is 5.99. The number of benzene rings is 1. The first-order chi connectivity index (χ1) is 5.34. The SMILES string of the molecule is [CH2]/C(=N/C#N)c1ccccc1. The number of nitrogens with zero attached hydrogens (tertiary/aromatic N) is 2. The van der Waals surface area contributed by atoms with Crippen molar-refractivity contribution in [3.05, 3.63) is 42.8 Å². The summed E-state index contributed by atoms with van der Waals surface area (Å²) in [5.74, 6) is 0. The van der Waals surface area contributed by atoms with Gasteiger partial charge in [0.05, 0.1) is 5.71 Å². The fourth-order valence-corrected chi connectivity index (χ4v) is 0.755. The summed E-state index contributed by atoms with van der Waals surface area (Å²) in [6.07, 6.45) is 1.69. The van der Waals surface area contributed by atoms with Gasteiger partial charge < -0.3 is 0 Å². The Hall–Kier alpha value is -1.62. The molecule has 0 aromatic heterocycles. The van der Waals surface area contributed by atoms with Crippen molar-refractivity contribution < 1.29 is 0 Å². The molecule has 0 saturated heterocycles. The minimum atomic E-state index is 0.508. The fourth-order valence-electron chi connectivity index (χ4n) is 0.755. The number of rotatable bonds is 1. The molecule has 1 rings (SSSR count). The summed E-state index contributed by atoms with van der Waals surface area (Å²) in [6, 6.07) is 9.40. The van der Waals surface area contributed by atoms with Crippen molar-refractivity contribution in [3.63, 3.8) is 0 Å². The number of hydrogen-bond acceptors (Lipinski definition) is 2. The van der Waals surface area contributed by atoms with E-state index in [-0.39, 0.29) is 0 Å². The molecule has 0 heterocycles. The van der Waals surface area contributed by atoms with Gasteiger partial charge in [-0.15, -0.1) is 0 Å². The lowest BCUT2D eigenvalue weighted by molar-refractivity contribution is 1.43. The van der Waals surface area contributed by atoms with Crippen molar-refractivity contribution in [2.75, 3.05) is 0 Å². The first kappa shape index (κ1) is 7.49. The largest absolute Gasteiger partial charge is 0.205 e. The first-order valence-corrected chi connectivity index (χ1v) is 3.19. The quantitative estimate of drug-likeness (QED) is 0.436. The molecular formula is C9H7N2. The van der Waals surface area contributed by atoms with Crippen molar-refractivity contribution in [2.24, 2.45) is 4.99 Å². The molecule has 1 radical (unpaired) electrons. The average Bonchev–Trinajstić information content (AvgIpc) is 2.07. The van der Waals surface area contributed by atoms with Gasteiger partial charge in [-0.25, -0.2) is 0 Å². The molecule has 0 atom stereocenters. The minimum absolute atomic E-state index is 0.508. The van der Waals surface area contributed by atoms with Crippen LogP contribution in [0.5, 0.6) is 0 Å². The van der Waals surface area contributed by atoms with E-state index >= 15 is 0 Å². The van der Waals surface area contributed by atoms with E-state index in [0.717, 1.165) is 5.56 Å². The summed E-state index contributed by atoms with van der Waals surface area (Å²) in [7, 11) is 0. The monoisotopic (exact) mass is 143 g/mol. The summed E-state index contributed by atoms with van der Waals surface area (Å²) in [6.45, 7) is 3.63. The van der Waals surface area contributed by atoms with Gasteiger partial charge >= 0.3 is 0 Å². The van der Waals surface area contributed by atoms with Crippen molar-refractivity contribution in [2.45, 2.75) is 0 Å². The van der Waals surface area contributed by atoms with Crippen LogP contribution in [-0.4, -0.2) is 5.71 Å². The molecule has 2 heteroatoms. The van der Waals surface area contributed by atoms with Gasteiger partial charge in [0.25, 0.3) is 0 Å². The topological polar surface area (TPSA) is 36.1 Å². The van der Waals surface area contributed by atoms with E-state index in [1.807, 2.05) is 30.3 Å². The first-order valence-electron chi connectivity index (χ1n) is 3.19. The Balaban J connectivity index is 2.96. The molecule has 53 valence electrons. The van der Waals surface area contributed by atoms with E-state index < -0.39 is 0 Å². The molecule has 0 aliphatic carbocycles. The zero-order chi connectivity index (χ0) is 8.10. The summed E-state index contributed by atoms with van der Waals surface area (Å²) in [5, 5.41) is 8.22. The predicted octanol–water partition coefficient (Wildman–Crippen LogP) is 1.79. The lowest BCUT2D eigenvalue weighted by atomic mass is 10.1. The van der Waals surface area contributed by atoms with Crippen molar-refractivity contribution >= 4 is 5.71 Å². The third kappa shape index (κ3) is 1.91. The smallest absolute Gasteiger partial charge is 0.178 e. The number of aliphatic imine (C=N–C) groups is 1. The Kier molecular flexibility index (Phi) is 2.40. The van der Waals surface area contributed by atoms with E-state index in [1.54, 1.807) is 6.19 Å². The van der Waals surface area contributed by atoms with Gasteiger partial charge in [-0.3, -0.25) is 0 Å². The Labute approximate surface area is 65.8 Å². The second kappa shape index (κ2) is 3.52. The van der Waals surface area contributed by atoms with Crippen LogP contribution in [0.4, 0.5) is 0 Å². The predicted molar refractivity (Wildman–Crippen MR) is 43.9 cm³/mol. The maximum absolute atomic E-state index is 8.22. The number of hydrogen-bond donors (Lipinski definition) is 0. The Morgan fingerprint density at radius 2 is 2.00 bits per heavy atom. The molecule has 0 fully saturated rings. The lowest BCUT2D eigenvalue weighted by Crippen LogP contribution is -1.92. The maximum Gasteiger partial charge on any atom is 0.205 e. The van der Waals surface area contributed by atoms with Crippen LogP contribution in [0, 0.1) is 18.4 Å². The third-order valence-electron chi connectivity index (χ3n) is 1.29. The highest BCUT2D eigenvalue weighted by atomic mass is 14.7. The number of nitriles is 1. The molecule has 0 saturated carbocycles. The molecule has 0 N–H and O–H groups in total. The van der Waals surface area contributed by atoms with Gasteiger partial charge in [-0.2, -0.15) is 10.3 Å². The van der Waals surface area contributed by atoms with Gasteiger partial charge in [-0.1, -0.05) is 30.3 Å². The molecular weight excluding hydrogens is 136 g/mol. The highest BCUT2D eigenvalue weighted by Gasteiger charge is 1.92. The van der Waals surface area contributed by atoms with E-state index in [4.69, 9.17) is 5.26 Å². The van der Waals surface area contributed by atoms with Crippen LogP contribution in [0.2, 0.25) is 0 Å². The standard InChI is InChI=1S/C9H7N2/c1-8(11-7-10)9-5-3-2-4-6-9/h2-6H,1H2/b11-8-. The minimum Gasteiger partial charge on any atom is -0.178 e. The van der Waals surface area contributed by atoms with E-state index in [9.17, 15) is 0 Å². The molecule has 0 bridgehead atoms. The summed E-state index contributed by atoms with van der Waals surface area (Å²) in [4.78, 5) is 3.51. The molecule has 1 aromatic rings. The average molecular weight is 143 g/mol. The Bertz CT molecular complexity index is 293. The summed E-state index contributed by atoms with van der Waals surface area (Å²) < 4.78 is 0. The van der Waals surface area contributed by atoms with Gasteiger partial charge in [0.1, 0.15) is 0 Å². The van der Waals surface area contributed by atoms with Crippen LogP contribution in [0.1, 0.15) is 5.56 Å². The molecule has 2 nitrogen and oxygen atoms in total. The Morgan fingerprint density at radius 1 is 1.36 bits per heavy atom. The fraction of sp³-hybridized carbons (Fsp3) is 0. The third-order valence-corrected chi connectivity index (χ3v) is 1.29.